The molecule has 0 atom stereocenters. The van der Waals surface area contributed by atoms with Crippen LogP contribution >= 0.6 is 0 Å². The van der Waals surface area contributed by atoms with E-state index in [1.54, 1.807) is 0 Å². The maximum atomic E-state index is 3.80. The molecule has 2 nitrogen and oxygen atoms in total. The molecule has 0 aromatic carbocycles. The second-order valence-corrected chi connectivity index (χ2v) is 7.06. The minimum absolute atomic E-state index is 0.780. The Hall–Kier alpha value is -0.0800. The van der Waals surface area contributed by atoms with E-state index in [1.807, 2.05) is 0 Å². The van der Waals surface area contributed by atoms with Crippen molar-refractivity contribution >= 4 is 0 Å². The molecule has 0 bridgehead atoms. The van der Waals surface area contributed by atoms with Crippen LogP contribution in [-0.2, 0) is 0 Å². The average Bonchev–Trinajstić information content (AvgIpc) is 2.67. The fourth-order valence-electron chi connectivity index (χ4n) is 4.41. The third kappa shape index (κ3) is 3.08. The summed E-state index contributed by atoms with van der Waals surface area (Å²) in [5.74, 6) is 0. The highest BCUT2D eigenvalue weighted by Gasteiger charge is 2.43. The van der Waals surface area contributed by atoms with Crippen LogP contribution in [0.1, 0.15) is 64.2 Å². The van der Waals surface area contributed by atoms with Crippen LogP contribution in [-0.4, -0.2) is 37.1 Å². The third-order valence-electron chi connectivity index (χ3n) is 5.50. The van der Waals surface area contributed by atoms with Crippen LogP contribution in [0, 0.1) is 5.41 Å². The summed E-state index contributed by atoms with van der Waals surface area (Å²) >= 11 is 0. The third-order valence-corrected chi connectivity index (χ3v) is 5.50. The Labute approximate surface area is 113 Å². The number of hydrogen-bond donors (Lipinski definition) is 1. The number of nitrogens with zero attached hydrogens (tertiary/aromatic N) is 1. The van der Waals surface area contributed by atoms with Gasteiger partial charge in [-0.2, -0.15) is 0 Å². The predicted octanol–water partition coefficient (Wildman–Crippen LogP) is 3.17. The minimum Gasteiger partial charge on any atom is -0.313 e. The van der Waals surface area contributed by atoms with Gasteiger partial charge in [-0.25, -0.2) is 0 Å². The highest BCUT2D eigenvalue weighted by molar-refractivity contribution is 4.97. The van der Waals surface area contributed by atoms with Crippen LogP contribution in [0.2, 0.25) is 0 Å². The van der Waals surface area contributed by atoms with E-state index < -0.39 is 0 Å². The predicted molar refractivity (Wildman–Crippen MR) is 76.8 cm³/mol. The fraction of sp³-hybridized carbons (Fsp3) is 1.00. The molecular weight excluding hydrogens is 220 g/mol. The van der Waals surface area contributed by atoms with Crippen molar-refractivity contribution in [2.45, 2.75) is 70.3 Å². The van der Waals surface area contributed by atoms with Crippen LogP contribution in [0.3, 0.4) is 0 Å². The molecule has 1 saturated heterocycles. The molecule has 2 saturated carbocycles. The van der Waals surface area contributed by atoms with Gasteiger partial charge in [0.25, 0.3) is 0 Å². The van der Waals surface area contributed by atoms with Gasteiger partial charge in [0.05, 0.1) is 0 Å². The Balaban J connectivity index is 1.29. The van der Waals surface area contributed by atoms with E-state index in [1.165, 1.54) is 90.4 Å². The Bertz CT molecular complexity index is 242. The molecule has 0 aromatic rings. The highest BCUT2D eigenvalue weighted by Crippen LogP contribution is 2.45. The molecule has 0 radical (unpaired) electrons. The summed E-state index contributed by atoms with van der Waals surface area (Å²) < 4.78 is 0. The lowest BCUT2D eigenvalue weighted by Crippen LogP contribution is -2.56. The number of nitrogens with one attached hydrogen (secondary N) is 1. The van der Waals surface area contributed by atoms with Crippen molar-refractivity contribution < 1.29 is 0 Å². The molecule has 104 valence electrons. The fourth-order valence-corrected chi connectivity index (χ4v) is 4.41. The van der Waals surface area contributed by atoms with Gasteiger partial charge in [0.2, 0.25) is 0 Å². The van der Waals surface area contributed by atoms with Gasteiger partial charge in [-0.3, -0.25) is 0 Å². The van der Waals surface area contributed by atoms with Crippen LogP contribution in [0.4, 0.5) is 0 Å². The average molecular weight is 250 g/mol. The first-order valence-corrected chi connectivity index (χ1v) is 8.32. The first kappa shape index (κ1) is 12.9. The lowest BCUT2D eigenvalue weighted by molar-refractivity contribution is 0.00688. The van der Waals surface area contributed by atoms with Gasteiger partial charge < -0.3 is 10.2 Å². The second-order valence-electron chi connectivity index (χ2n) is 7.06. The van der Waals surface area contributed by atoms with Crippen molar-refractivity contribution in [3.63, 3.8) is 0 Å². The molecule has 0 aromatic heterocycles. The van der Waals surface area contributed by atoms with E-state index in [-0.39, 0.29) is 0 Å². The quantitative estimate of drug-likeness (QED) is 0.771. The molecule has 2 aliphatic carbocycles. The topological polar surface area (TPSA) is 15.3 Å². The van der Waals surface area contributed by atoms with E-state index in [9.17, 15) is 0 Å². The highest BCUT2D eigenvalue weighted by atomic mass is 15.2. The van der Waals surface area contributed by atoms with E-state index in [2.05, 4.69) is 10.2 Å². The molecular formula is C16H30N2. The number of likely N-dealkylation sites (tertiary alicyclic amines) is 1. The SMILES string of the molecule is C1CCCC(NCCN2CC3(CCCC3)C2)CC1. The van der Waals surface area contributed by atoms with Crippen LogP contribution < -0.4 is 5.32 Å². The molecule has 3 fully saturated rings. The normalized spacial score (nSPS) is 29.3. The monoisotopic (exact) mass is 250 g/mol. The summed E-state index contributed by atoms with van der Waals surface area (Å²) in [5, 5.41) is 3.80. The van der Waals surface area contributed by atoms with E-state index in [0.717, 1.165) is 11.5 Å². The maximum absolute atomic E-state index is 3.80. The van der Waals surface area contributed by atoms with Gasteiger partial charge in [0, 0.05) is 32.2 Å². The summed E-state index contributed by atoms with van der Waals surface area (Å²) in [6, 6.07) is 0.828. The van der Waals surface area contributed by atoms with Crippen molar-refractivity contribution in [3.05, 3.63) is 0 Å². The van der Waals surface area contributed by atoms with Crippen molar-refractivity contribution in [3.8, 4) is 0 Å². The Morgan fingerprint density at radius 1 is 0.889 bits per heavy atom. The van der Waals surface area contributed by atoms with Gasteiger partial charge in [-0.05, 0) is 31.1 Å². The van der Waals surface area contributed by atoms with Crippen molar-refractivity contribution in [1.82, 2.24) is 10.2 Å². The standard InChI is InChI=1S/C16H30N2/c1-2-4-8-15(7-3-1)17-11-12-18-13-16(14-18)9-5-6-10-16/h15,17H,1-14H2. The van der Waals surface area contributed by atoms with E-state index in [4.69, 9.17) is 0 Å². The summed E-state index contributed by atoms with van der Waals surface area (Å²) in [6.07, 6.45) is 14.7. The molecule has 1 spiro atoms. The largest absolute Gasteiger partial charge is 0.313 e. The summed E-state index contributed by atoms with van der Waals surface area (Å²) in [6.45, 7) is 5.32. The zero-order valence-electron chi connectivity index (χ0n) is 11.9. The van der Waals surface area contributed by atoms with Crippen LogP contribution in [0.5, 0.6) is 0 Å². The van der Waals surface area contributed by atoms with Crippen molar-refractivity contribution in [2.75, 3.05) is 26.2 Å². The molecule has 3 rings (SSSR count). The molecule has 1 N–H and O–H groups in total. The summed E-state index contributed by atoms with van der Waals surface area (Å²) in [4.78, 5) is 2.68. The molecule has 3 aliphatic rings. The van der Waals surface area contributed by atoms with Crippen molar-refractivity contribution in [2.24, 2.45) is 5.41 Å². The molecule has 2 heteroatoms. The lowest BCUT2D eigenvalue weighted by Gasteiger charge is -2.48. The second kappa shape index (κ2) is 5.92. The summed E-state index contributed by atoms with van der Waals surface area (Å²) in [7, 11) is 0. The molecule has 1 heterocycles. The first-order valence-electron chi connectivity index (χ1n) is 8.32. The van der Waals surface area contributed by atoms with E-state index in [0.29, 0.717) is 0 Å². The Morgan fingerprint density at radius 2 is 1.56 bits per heavy atom. The van der Waals surface area contributed by atoms with Crippen LogP contribution in [0.15, 0.2) is 0 Å². The Kier molecular flexibility index (Phi) is 4.25. The zero-order chi connectivity index (χ0) is 12.3. The number of rotatable bonds is 4. The minimum atomic E-state index is 0.780. The van der Waals surface area contributed by atoms with Gasteiger partial charge in [-0.15, -0.1) is 0 Å². The van der Waals surface area contributed by atoms with Crippen LogP contribution in [0.25, 0.3) is 0 Å². The molecule has 1 aliphatic heterocycles. The smallest absolute Gasteiger partial charge is 0.0107 e. The van der Waals surface area contributed by atoms with Crippen molar-refractivity contribution in [1.29, 1.82) is 0 Å². The maximum Gasteiger partial charge on any atom is 0.0107 e. The first-order chi connectivity index (χ1) is 8.86. The molecule has 0 amide bonds. The molecule has 0 unspecified atom stereocenters. The lowest BCUT2D eigenvalue weighted by atomic mass is 9.78. The van der Waals surface area contributed by atoms with Gasteiger partial charge >= 0.3 is 0 Å². The molecule has 18 heavy (non-hydrogen) atoms. The Morgan fingerprint density at radius 3 is 2.22 bits per heavy atom. The zero-order valence-corrected chi connectivity index (χ0v) is 11.9. The van der Waals surface area contributed by atoms with Gasteiger partial charge in [0.1, 0.15) is 0 Å². The van der Waals surface area contributed by atoms with E-state index >= 15 is 0 Å². The summed E-state index contributed by atoms with van der Waals surface area (Å²) in [5.41, 5.74) is 0.780. The number of hydrogen-bond acceptors (Lipinski definition) is 2. The van der Waals surface area contributed by atoms with Gasteiger partial charge in [0.15, 0.2) is 0 Å². The van der Waals surface area contributed by atoms with Gasteiger partial charge in [-0.1, -0.05) is 38.5 Å².